The topological polar surface area (TPSA) is 66.4 Å². The third kappa shape index (κ3) is 6.74. The Morgan fingerprint density at radius 3 is 2.23 bits per heavy atom. The second-order valence-electron chi connectivity index (χ2n) is 5.75. The zero-order valence-electron chi connectivity index (χ0n) is 13.6. The van der Waals surface area contributed by atoms with Gasteiger partial charge in [0.1, 0.15) is 6.04 Å². The molecule has 22 heavy (non-hydrogen) atoms. The predicted molar refractivity (Wildman–Crippen MR) is 88.1 cm³/mol. The fourth-order valence-corrected chi connectivity index (χ4v) is 2.27. The number of nitrogens with one attached hydrogen (secondary N) is 1. The van der Waals surface area contributed by atoms with Crippen molar-refractivity contribution in [2.24, 2.45) is 0 Å². The van der Waals surface area contributed by atoms with Crippen molar-refractivity contribution in [3.8, 4) is 0 Å². The molecule has 0 aliphatic heterocycles. The molecule has 0 aromatic heterocycles. The van der Waals surface area contributed by atoms with E-state index in [0.29, 0.717) is 5.56 Å². The molecule has 0 saturated heterocycles. The van der Waals surface area contributed by atoms with E-state index >= 15 is 0 Å². The number of rotatable bonds is 10. The molecular weight excluding hydrogens is 278 g/mol. The zero-order valence-corrected chi connectivity index (χ0v) is 13.6. The molecule has 2 N–H and O–H groups in total. The molecule has 1 atom stereocenters. The van der Waals surface area contributed by atoms with Crippen LogP contribution in [0.1, 0.15) is 68.3 Å². The Morgan fingerprint density at radius 2 is 1.64 bits per heavy atom. The van der Waals surface area contributed by atoms with E-state index in [1.165, 1.54) is 51.0 Å². The first-order chi connectivity index (χ1) is 10.5. The number of carbonyl (C=O) groups excluding carboxylic acids is 1. The van der Waals surface area contributed by atoms with Crippen LogP contribution in [0.4, 0.5) is 0 Å². The molecule has 1 aromatic carbocycles. The number of hydrogen-bond acceptors (Lipinski definition) is 2. The number of carbonyl (C=O) groups is 2. The number of carboxylic acid groups (broad SMARTS) is 1. The maximum Gasteiger partial charge on any atom is 0.325 e. The van der Waals surface area contributed by atoms with Gasteiger partial charge in [0.2, 0.25) is 0 Å². The van der Waals surface area contributed by atoms with Crippen LogP contribution >= 0.6 is 0 Å². The van der Waals surface area contributed by atoms with E-state index in [9.17, 15) is 9.59 Å². The van der Waals surface area contributed by atoms with Crippen LogP contribution < -0.4 is 5.32 Å². The number of carboxylic acids is 1. The highest BCUT2D eigenvalue weighted by Gasteiger charge is 2.14. The lowest BCUT2D eigenvalue weighted by atomic mass is 10.0. The minimum atomic E-state index is -1.03. The summed E-state index contributed by atoms with van der Waals surface area (Å²) in [5, 5.41) is 11.2. The van der Waals surface area contributed by atoms with Gasteiger partial charge in [-0.25, -0.2) is 0 Å². The van der Waals surface area contributed by atoms with E-state index in [1.54, 1.807) is 12.1 Å². The highest BCUT2D eigenvalue weighted by atomic mass is 16.4. The van der Waals surface area contributed by atoms with Crippen molar-refractivity contribution in [3.63, 3.8) is 0 Å². The van der Waals surface area contributed by atoms with Gasteiger partial charge in [0, 0.05) is 5.56 Å². The molecule has 0 radical (unpaired) electrons. The van der Waals surface area contributed by atoms with E-state index in [0.717, 1.165) is 6.42 Å². The minimum absolute atomic E-state index is 0.346. The summed E-state index contributed by atoms with van der Waals surface area (Å²) in [6.45, 7) is 3.67. The van der Waals surface area contributed by atoms with Gasteiger partial charge in [0.15, 0.2) is 0 Å². The predicted octanol–water partition coefficient (Wildman–Crippen LogP) is 3.79. The molecule has 0 saturated carbocycles. The summed E-state index contributed by atoms with van der Waals surface area (Å²) in [6.07, 6.45) is 8.64. The van der Waals surface area contributed by atoms with Crippen molar-refractivity contribution >= 4 is 11.9 Å². The lowest BCUT2D eigenvalue weighted by Gasteiger charge is -2.09. The third-order valence-corrected chi connectivity index (χ3v) is 3.75. The minimum Gasteiger partial charge on any atom is -0.480 e. The maximum absolute atomic E-state index is 11.9. The summed E-state index contributed by atoms with van der Waals surface area (Å²) >= 11 is 0. The molecule has 0 heterocycles. The van der Waals surface area contributed by atoms with E-state index in [4.69, 9.17) is 5.11 Å². The second kappa shape index (κ2) is 9.98. The van der Waals surface area contributed by atoms with Gasteiger partial charge in [-0.05, 0) is 37.5 Å². The third-order valence-electron chi connectivity index (χ3n) is 3.75. The highest BCUT2D eigenvalue weighted by molar-refractivity contribution is 5.96. The normalized spacial score (nSPS) is 11.9. The van der Waals surface area contributed by atoms with Crippen LogP contribution in [0.3, 0.4) is 0 Å². The van der Waals surface area contributed by atoms with Crippen molar-refractivity contribution in [3.05, 3.63) is 35.4 Å². The summed E-state index contributed by atoms with van der Waals surface area (Å²) in [5.74, 6) is -1.38. The zero-order chi connectivity index (χ0) is 16.4. The Balaban J connectivity index is 2.36. The van der Waals surface area contributed by atoms with E-state index < -0.39 is 12.0 Å². The van der Waals surface area contributed by atoms with Crippen LogP contribution in [0.15, 0.2) is 24.3 Å². The molecule has 0 fully saturated rings. The largest absolute Gasteiger partial charge is 0.480 e. The van der Waals surface area contributed by atoms with Crippen molar-refractivity contribution in [2.45, 2.75) is 64.8 Å². The molecule has 1 rings (SSSR count). The first-order valence-corrected chi connectivity index (χ1v) is 8.17. The number of unbranched alkanes of at least 4 members (excludes halogenated alkanes) is 5. The van der Waals surface area contributed by atoms with E-state index in [1.807, 2.05) is 12.1 Å². The van der Waals surface area contributed by atoms with E-state index in [2.05, 4.69) is 12.2 Å². The van der Waals surface area contributed by atoms with Crippen LogP contribution in [0.25, 0.3) is 0 Å². The molecule has 1 amide bonds. The van der Waals surface area contributed by atoms with Gasteiger partial charge in [0.05, 0.1) is 0 Å². The summed E-state index contributed by atoms with van der Waals surface area (Å²) in [5.41, 5.74) is 1.72. The molecular formula is C18H27NO3. The molecule has 4 nitrogen and oxygen atoms in total. The molecule has 0 bridgehead atoms. The summed E-state index contributed by atoms with van der Waals surface area (Å²) in [6, 6.07) is 6.54. The number of aryl methyl sites for hydroxylation is 1. The Bertz CT molecular complexity index is 468. The lowest BCUT2D eigenvalue weighted by molar-refractivity contribution is -0.138. The van der Waals surface area contributed by atoms with E-state index in [-0.39, 0.29) is 5.91 Å². The Hall–Kier alpha value is -1.84. The number of amides is 1. The van der Waals surface area contributed by atoms with Crippen LogP contribution in [0.5, 0.6) is 0 Å². The van der Waals surface area contributed by atoms with Gasteiger partial charge in [-0.15, -0.1) is 0 Å². The lowest BCUT2D eigenvalue weighted by Crippen LogP contribution is -2.38. The highest BCUT2D eigenvalue weighted by Crippen LogP contribution is 2.11. The quantitative estimate of drug-likeness (QED) is 0.646. The average molecular weight is 305 g/mol. The van der Waals surface area contributed by atoms with Crippen LogP contribution in [0, 0.1) is 0 Å². The first kappa shape index (κ1) is 18.2. The van der Waals surface area contributed by atoms with Crippen LogP contribution in [-0.2, 0) is 11.2 Å². The van der Waals surface area contributed by atoms with Gasteiger partial charge in [-0.3, -0.25) is 9.59 Å². The summed E-state index contributed by atoms with van der Waals surface area (Å²) in [4.78, 5) is 22.6. The van der Waals surface area contributed by atoms with Crippen molar-refractivity contribution in [1.29, 1.82) is 0 Å². The van der Waals surface area contributed by atoms with Crippen molar-refractivity contribution in [1.82, 2.24) is 5.32 Å². The van der Waals surface area contributed by atoms with Crippen LogP contribution in [-0.4, -0.2) is 23.0 Å². The van der Waals surface area contributed by atoms with Gasteiger partial charge in [0.25, 0.3) is 5.91 Å². The molecule has 0 aliphatic rings. The monoisotopic (exact) mass is 305 g/mol. The molecule has 1 aromatic rings. The fraction of sp³-hybridized carbons (Fsp3) is 0.556. The van der Waals surface area contributed by atoms with Crippen molar-refractivity contribution in [2.75, 3.05) is 0 Å². The second-order valence-corrected chi connectivity index (χ2v) is 5.75. The molecule has 0 unspecified atom stereocenters. The van der Waals surface area contributed by atoms with Crippen LogP contribution in [0.2, 0.25) is 0 Å². The standard InChI is InChI=1S/C18H27NO3/c1-3-4-5-6-7-8-9-15-10-12-16(13-11-15)17(20)19-14(2)18(21)22/h10-14H,3-9H2,1-2H3,(H,19,20)(H,21,22)/t14-/m0/s1. The fourth-order valence-electron chi connectivity index (χ4n) is 2.27. The Labute approximate surface area is 132 Å². The SMILES string of the molecule is CCCCCCCCc1ccc(C(=O)N[C@@H](C)C(=O)O)cc1. The molecule has 0 aliphatic carbocycles. The molecule has 122 valence electrons. The molecule has 0 spiro atoms. The number of benzene rings is 1. The number of aliphatic carboxylic acids is 1. The molecule has 4 heteroatoms. The maximum atomic E-state index is 11.9. The van der Waals surface area contributed by atoms with Gasteiger partial charge in [-0.2, -0.15) is 0 Å². The smallest absolute Gasteiger partial charge is 0.325 e. The van der Waals surface area contributed by atoms with Gasteiger partial charge in [-0.1, -0.05) is 51.2 Å². The summed E-state index contributed by atoms with van der Waals surface area (Å²) < 4.78 is 0. The Kier molecular flexibility index (Phi) is 8.26. The van der Waals surface area contributed by atoms with Gasteiger partial charge < -0.3 is 10.4 Å². The summed E-state index contributed by atoms with van der Waals surface area (Å²) in [7, 11) is 0. The number of hydrogen-bond donors (Lipinski definition) is 2. The Morgan fingerprint density at radius 1 is 1.05 bits per heavy atom. The average Bonchev–Trinajstić information content (AvgIpc) is 2.51. The first-order valence-electron chi connectivity index (χ1n) is 8.17. The van der Waals surface area contributed by atoms with Gasteiger partial charge >= 0.3 is 5.97 Å². The van der Waals surface area contributed by atoms with Crippen molar-refractivity contribution < 1.29 is 14.7 Å².